The number of amides is 1. The molecule has 1 amide bonds. The molecule has 0 spiro atoms. The van der Waals surface area contributed by atoms with Gasteiger partial charge in [-0.1, -0.05) is 54.2 Å². The van der Waals surface area contributed by atoms with E-state index in [-0.39, 0.29) is 25.0 Å². The minimum Gasteiger partial charge on any atom is -0.497 e. The van der Waals surface area contributed by atoms with Crippen molar-refractivity contribution in [1.82, 2.24) is 10.2 Å². The molecule has 35 heavy (non-hydrogen) atoms. The summed E-state index contributed by atoms with van der Waals surface area (Å²) in [4.78, 5) is 33.1. The summed E-state index contributed by atoms with van der Waals surface area (Å²) in [7, 11) is 1.62. The summed E-state index contributed by atoms with van der Waals surface area (Å²) in [6, 6.07) is 17.1. The topological polar surface area (TPSA) is 80.2 Å². The van der Waals surface area contributed by atoms with Gasteiger partial charge in [-0.25, -0.2) is 9.79 Å². The van der Waals surface area contributed by atoms with Crippen LogP contribution in [0.15, 0.2) is 76.3 Å². The van der Waals surface area contributed by atoms with Crippen molar-refractivity contribution >= 4 is 34.5 Å². The maximum absolute atomic E-state index is 13.5. The van der Waals surface area contributed by atoms with Crippen LogP contribution in [0.4, 0.5) is 0 Å². The average Bonchev–Trinajstić information content (AvgIpc) is 3.61. The molecule has 2 heterocycles. The molecule has 8 heteroatoms. The zero-order chi connectivity index (χ0) is 24.4. The van der Waals surface area contributed by atoms with E-state index < -0.39 is 12.0 Å². The Balaban J connectivity index is 1.62. The first-order chi connectivity index (χ1) is 17.1. The van der Waals surface area contributed by atoms with Gasteiger partial charge in [-0.3, -0.25) is 4.79 Å². The van der Waals surface area contributed by atoms with Crippen molar-refractivity contribution in [1.29, 1.82) is 0 Å². The molecule has 0 saturated heterocycles. The average molecular weight is 490 g/mol. The Labute approximate surface area is 208 Å². The SMILES string of the molecule is CCOC(=O)C1=C(c2ccccc2)N=C2SC=C(CC(=O)NC3CC3)N2[C@@H]1c1ccc(OC)cc1. The van der Waals surface area contributed by atoms with Gasteiger partial charge in [-0.05, 0) is 42.9 Å². The molecule has 1 aliphatic carbocycles. The number of aliphatic imine (C=N–C) groups is 1. The van der Waals surface area contributed by atoms with Gasteiger partial charge in [-0.15, -0.1) is 0 Å². The second kappa shape index (κ2) is 10.00. The van der Waals surface area contributed by atoms with Crippen LogP contribution in [0.1, 0.15) is 43.4 Å². The lowest BCUT2D eigenvalue weighted by Gasteiger charge is -2.36. The van der Waals surface area contributed by atoms with Gasteiger partial charge >= 0.3 is 5.97 Å². The molecule has 5 rings (SSSR count). The van der Waals surface area contributed by atoms with E-state index in [0.717, 1.165) is 40.6 Å². The van der Waals surface area contributed by atoms with Gasteiger partial charge in [-0.2, -0.15) is 0 Å². The minimum absolute atomic E-state index is 0.0235. The summed E-state index contributed by atoms with van der Waals surface area (Å²) in [5.74, 6) is 0.275. The highest BCUT2D eigenvalue weighted by Crippen LogP contribution is 2.47. The van der Waals surface area contributed by atoms with Gasteiger partial charge in [0.1, 0.15) is 5.75 Å². The van der Waals surface area contributed by atoms with Crippen LogP contribution < -0.4 is 10.1 Å². The molecule has 0 unspecified atom stereocenters. The molecule has 1 fully saturated rings. The van der Waals surface area contributed by atoms with Crippen LogP contribution in [0.2, 0.25) is 0 Å². The Kier molecular flexibility index (Phi) is 6.63. The number of fused-ring (bicyclic) bond motifs is 1. The first-order valence-electron chi connectivity index (χ1n) is 11.7. The standard InChI is InChI=1S/C27H27N3O4S/c1-3-34-26(32)23-24(17-7-5-4-6-8-17)29-27-30(25(23)18-9-13-21(33-2)14-10-18)20(16-35-27)15-22(31)28-19-11-12-19/h4-10,13-14,16,19,25H,3,11-12,15H2,1-2H3,(H,28,31)/t25-/m1/s1. The maximum atomic E-state index is 13.5. The number of hydrogen-bond donors (Lipinski definition) is 1. The predicted octanol–water partition coefficient (Wildman–Crippen LogP) is 4.64. The van der Waals surface area contributed by atoms with Crippen molar-refractivity contribution in [2.45, 2.75) is 38.3 Å². The number of methoxy groups -OCH3 is 1. The molecule has 2 aromatic rings. The molecule has 0 aromatic heterocycles. The van der Waals surface area contributed by atoms with E-state index in [1.54, 1.807) is 14.0 Å². The summed E-state index contributed by atoms with van der Waals surface area (Å²) in [6.45, 7) is 2.04. The highest BCUT2D eigenvalue weighted by atomic mass is 32.2. The molecular weight excluding hydrogens is 462 g/mol. The second-order valence-corrected chi connectivity index (χ2v) is 9.37. The molecule has 2 aromatic carbocycles. The van der Waals surface area contributed by atoms with E-state index in [0.29, 0.717) is 11.3 Å². The second-order valence-electron chi connectivity index (χ2n) is 8.53. The summed E-state index contributed by atoms with van der Waals surface area (Å²) < 4.78 is 10.9. The first kappa shape index (κ1) is 23.2. The van der Waals surface area contributed by atoms with Crippen LogP contribution in [0, 0.1) is 0 Å². The zero-order valence-corrected chi connectivity index (χ0v) is 20.5. The van der Waals surface area contributed by atoms with Crippen molar-refractivity contribution in [3.63, 3.8) is 0 Å². The van der Waals surface area contributed by atoms with Crippen LogP contribution in [-0.2, 0) is 14.3 Å². The highest BCUT2D eigenvalue weighted by molar-refractivity contribution is 8.16. The summed E-state index contributed by atoms with van der Waals surface area (Å²) >= 11 is 1.47. The third-order valence-corrected chi connectivity index (χ3v) is 6.96. The van der Waals surface area contributed by atoms with Crippen molar-refractivity contribution in [3.05, 3.63) is 82.4 Å². The number of carbonyl (C=O) groups is 2. The Hall–Kier alpha value is -3.52. The molecule has 2 aliphatic heterocycles. The van der Waals surface area contributed by atoms with Crippen molar-refractivity contribution < 1.29 is 19.1 Å². The number of nitrogens with one attached hydrogen (secondary N) is 1. The molecule has 3 aliphatic rings. The molecule has 7 nitrogen and oxygen atoms in total. The summed E-state index contributed by atoms with van der Waals surface area (Å²) in [6.07, 6.45) is 2.27. The monoisotopic (exact) mass is 489 g/mol. The van der Waals surface area contributed by atoms with Crippen LogP contribution >= 0.6 is 11.8 Å². The fourth-order valence-electron chi connectivity index (χ4n) is 4.26. The number of benzene rings is 2. The number of nitrogens with zero attached hydrogens (tertiary/aromatic N) is 2. The van der Waals surface area contributed by atoms with Gasteiger partial charge in [0.2, 0.25) is 5.91 Å². The highest BCUT2D eigenvalue weighted by Gasteiger charge is 2.42. The fraction of sp³-hybridized carbons (Fsp3) is 0.296. The summed E-state index contributed by atoms with van der Waals surface area (Å²) in [5, 5.41) is 5.74. The van der Waals surface area contributed by atoms with Crippen LogP contribution in [-0.4, -0.2) is 41.7 Å². The fourth-order valence-corrected chi connectivity index (χ4v) is 5.18. The van der Waals surface area contributed by atoms with E-state index in [1.165, 1.54) is 11.8 Å². The minimum atomic E-state index is -0.502. The number of rotatable bonds is 8. The molecular formula is C27H27N3O4S. The number of carbonyl (C=O) groups excluding carboxylic acids is 2. The predicted molar refractivity (Wildman–Crippen MR) is 136 cm³/mol. The molecule has 1 saturated carbocycles. The van der Waals surface area contributed by atoms with Crippen LogP contribution in [0.3, 0.4) is 0 Å². The Morgan fingerprint density at radius 3 is 2.51 bits per heavy atom. The molecule has 1 N–H and O–H groups in total. The molecule has 0 bridgehead atoms. The molecule has 180 valence electrons. The number of esters is 1. The van der Waals surface area contributed by atoms with E-state index in [9.17, 15) is 9.59 Å². The van der Waals surface area contributed by atoms with Gasteiger partial charge in [0.05, 0.1) is 37.4 Å². The lowest BCUT2D eigenvalue weighted by molar-refractivity contribution is -0.139. The van der Waals surface area contributed by atoms with Gasteiger partial charge in [0.25, 0.3) is 0 Å². The van der Waals surface area contributed by atoms with Gasteiger partial charge in [0, 0.05) is 17.3 Å². The lowest BCUT2D eigenvalue weighted by atomic mass is 9.91. The van der Waals surface area contributed by atoms with E-state index in [1.807, 2.05) is 64.9 Å². The smallest absolute Gasteiger partial charge is 0.338 e. The maximum Gasteiger partial charge on any atom is 0.338 e. The number of thioether (sulfide) groups is 1. The van der Waals surface area contributed by atoms with Crippen LogP contribution in [0.25, 0.3) is 5.70 Å². The normalized spacial score (nSPS) is 19.0. The van der Waals surface area contributed by atoms with Crippen molar-refractivity contribution in [2.24, 2.45) is 4.99 Å². The van der Waals surface area contributed by atoms with Crippen molar-refractivity contribution in [3.8, 4) is 5.75 Å². The Morgan fingerprint density at radius 2 is 1.86 bits per heavy atom. The Morgan fingerprint density at radius 1 is 1.11 bits per heavy atom. The number of ether oxygens (including phenoxy) is 2. The van der Waals surface area contributed by atoms with E-state index in [2.05, 4.69) is 5.32 Å². The number of hydrogen-bond acceptors (Lipinski definition) is 7. The van der Waals surface area contributed by atoms with Gasteiger partial charge in [0.15, 0.2) is 5.17 Å². The first-order valence-corrected chi connectivity index (χ1v) is 12.6. The van der Waals surface area contributed by atoms with Crippen LogP contribution in [0.5, 0.6) is 5.75 Å². The quantitative estimate of drug-likeness (QED) is 0.544. The molecule has 0 radical (unpaired) electrons. The third kappa shape index (κ3) is 4.84. The van der Waals surface area contributed by atoms with Crippen molar-refractivity contribution in [2.75, 3.05) is 13.7 Å². The Bertz CT molecular complexity index is 1220. The third-order valence-electron chi connectivity index (χ3n) is 6.07. The van der Waals surface area contributed by atoms with E-state index in [4.69, 9.17) is 14.5 Å². The largest absolute Gasteiger partial charge is 0.497 e. The lowest BCUT2D eigenvalue weighted by Crippen LogP contribution is -2.38. The summed E-state index contributed by atoms with van der Waals surface area (Å²) in [5.41, 5.74) is 3.55. The number of amidine groups is 1. The van der Waals surface area contributed by atoms with E-state index >= 15 is 0 Å². The molecule has 1 atom stereocenters. The zero-order valence-electron chi connectivity index (χ0n) is 19.7. The van der Waals surface area contributed by atoms with Gasteiger partial charge < -0.3 is 19.7 Å².